The first-order valence-corrected chi connectivity index (χ1v) is 12.1. The van der Waals surface area contributed by atoms with Crippen molar-refractivity contribution in [2.75, 3.05) is 31.9 Å². The maximum atomic E-state index is 12.6. The van der Waals surface area contributed by atoms with Gasteiger partial charge in [0.25, 0.3) is 0 Å². The molecule has 2 aromatic carbocycles. The van der Waals surface area contributed by atoms with E-state index in [-0.39, 0.29) is 11.7 Å². The highest BCUT2D eigenvalue weighted by Gasteiger charge is 2.28. The summed E-state index contributed by atoms with van der Waals surface area (Å²) in [6, 6.07) is 17.5. The van der Waals surface area contributed by atoms with Crippen molar-refractivity contribution in [1.82, 2.24) is 9.21 Å². The van der Waals surface area contributed by atoms with Gasteiger partial charge in [-0.2, -0.15) is 4.31 Å². The van der Waals surface area contributed by atoms with Gasteiger partial charge < -0.3 is 4.90 Å². The molecule has 0 aromatic heterocycles. The number of benzene rings is 2. The number of hydrogen-bond donors (Lipinski definition) is 0. The lowest BCUT2D eigenvalue weighted by atomic mass is 10.2. The van der Waals surface area contributed by atoms with Crippen LogP contribution in [0.5, 0.6) is 0 Å². The molecule has 3 rings (SSSR count). The van der Waals surface area contributed by atoms with Gasteiger partial charge in [0.05, 0.1) is 11.5 Å². The van der Waals surface area contributed by atoms with Gasteiger partial charge >= 0.3 is 0 Å². The van der Waals surface area contributed by atoms with Crippen LogP contribution in [0.15, 0.2) is 54.6 Å². The van der Waals surface area contributed by atoms with E-state index in [0.717, 1.165) is 11.3 Å². The van der Waals surface area contributed by atoms with Gasteiger partial charge in [0.1, 0.15) is 0 Å². The summed E-state index contributed by atoms with van der Waals surface area (Å²) in [5.41, 5.74) is 3.22. The number of rotatable bonds is 7. The van der Waals surface area contributed by atoms with Crippen LogP contribution in [-0.4, -0.2) is 55.5 Å². The van der Waals surface area contributed by atoms with Crippen molar-refractivity contribution in [3.63, 3.8) is 0 Å². The summed E-state index contributed by atoms with van der Waals surface area (Å²) >= 11 is 1.60. The average molecular weight is 419 g/mol. The van der Waals surface area contributed by atoms with Crippen molar-refractivity contribution >= 4 is 27.7 Å². The first-order valence-electron chi connectivity index (χ1n) is 9.37. The van der Waals surface area contributed by atoms with E-state index in [1.54, 1.807) is 16.7 Å². The summed E-state index contributed by atoms with van der Waals surface area (Å²) in [7, 11) is -3.35. The number of amides is 1. The highest BCUT2D eigenvalue weighted by molar-refractivity contribution is 7.99. The Hall–Kier alpha value is -1.83. The molecule has 1 heterocycles. The molecular weight excluding hydrogens is 392 g/mol. The van der Waals surface area contributed by atoms with Gasteiger partial charge in [-0.15, -0.1) is 11.8 Å². The molecule has 0 aliphatic carbocycles. The van der Waals surface area contributed by atoms with E-state index >= 15 is 0 Å². The van der Waals surface area contributed by atoms with E-state index in [4.69, 9.17) is 0 Å². The Morgan fingerprint density at radius 3 is 2.32 bits per heavy atom. The maximum absolute atomic E-state index is 12.6. The Morgan fingerprint density at radius 1 is 0.964 bits per heavy atom. The number of thioether (sulfide) groups is 1. The van der Waals surface area contributed by atoms with Crippen LogP contribution in [0.1, 0.15) is 16.7 Å². The Labute approximate surface area is 171 Å². The number of nitrogens with zero attached hydrogens (tertiary/aromatic N) is 2. The minimum Gasteiger partial charge on any atom is -0.339 e. The fraction of sp³-hybridized carbons (Fsp3) is 0.381. The van der Waals surface area contributed by atoms with E-state index in [1.165, 1.54) is 15.4 Å². The van der Waals surface area contributed by atoms with E-state index < -0.39 is 10.0 Å². The Bertz CT molecular complexity index is 893. The SMILES string of the molecule is Cc1cccc(CSCC(=O)N2CCN(S(=O)(=O)Cc3ccccc3)CC2)c1. The van der Waals surface area contributed by atoms with Crippen molar-refractivity contribution < 1.29 is 13.2 Å². The van der Waals surface area contributed by atoms with E-state index in [2.05, 4.69) is 25.1 Å². The number of hydrogen-bond acceptors (Lipinski definition) is 4. The number of carbonyl (C=O) groups is 1. The minimum absolute atomic E-state index is 0.00807. The van der Waals surface area contributed by atoms with Gasteiger partial charge in [0, 0.05) is 31.9 Å². The molecule has 0 spiro atoms. The third-order valence-electron chi connectivity index (χ3n) is 4.75. The zero-order valence-corrected chi connectivity index (χ0v) is 17.7. The van der Waals surface area contributed by atoms with Gasteiger partial charge in [-0.1, -0.05) is 60.2 Å². The van der Waals surface area contributed by atoms with Crippen LogP contribution in [0.25, 0.3) is 0 Å². The molecule has 5 nitrogen and oxygen atoms in total. The second-order valence-electron chi connectivity index (χ2n) is 7.00. The molecule has 0 N–H and O–H groups in total. The molecule has 0 bridgehead atoms. The molecule has 1 aliphatic heterocycles. The van der Waals surface area contributed by atoms with Crippen LogP contribution in [-0.2, 0) is 26.3 Å². The van der Waals surface area contributed by atoms with Crippen molar-refractivity contribution in [3.05, 3.63) is 71.3 Å². The molecular formula is C21H26N2O3S2. The predicted molar refractivity (Wildman–Crippen MR) is 115 cm³/mol. The summed E-state index contributed by atoms with van der Waals surface area (Å²) in [6.45, 7) is 3.70. The fourth-order valence-electron chi connectivity index (χ4n) is 3.24. The highest BCUT2D eigenvalue weighted by atomic mass is 32.2. The highest BCUT2D eigenvalue weighted by Crippen LogP contribution is 2.17. The van der Waals surface area contributed by atoms with Gasteiger partial charge in [0.15, 0.2) is 0 Å². The summed E-state index contributed by atoms with van der Waals surface area (Å²) in [5.74, 6) is 1.32. The van der Waals surface area contributed by atoms with Crippen LogP contribution in [0.3, 0.4) is 0 Å². The van der Waals surface area contributed by atoms with Gasteiger partial charge in [-0.3, -0.25) is 4.79 Å². The first-order chi connectivity index (χ1) is 13.4. The zero-order chi connectivity index (χ0) is 20.0. The second-order valence-corrected chi connectivity index (χ2v) is 9.96. The molecule has 1 amide bonds. The fourth-order valence-corrected chi connectivity index (χ4v) is 5.63. The number of sulfonamides is 1. The maximum Gasteiger partial charge on any atom is 0.232 e. The van der Waals surface area contributed by atoms with Crippen molar-refractivity contribution in [2.45, 2.75) is 18.4 Å². The lowest BCUT2D eigenvalue weighted by Crippen LogP contribution is -2.51. The lowest BCUT2D eigenvalue weighted by molar-refractivity contribution is -0.129. The Morgan fingerprint density at radius 2 is 1.64 bits per heavy atom. The molecule has 7 heteroatoms. The van der Waals surface area contributed by atoms with Crippen LogP contribution >= 0.6 is 11.8 Å². The molecule has 0 radical (unpaired) electrons. The molecule has 28 heavy (non-hydrogen) atoms. The standard InChI is InChI=1S/C21H26N2O3S2/c1-18-6-5-9-20(14-18)15-27-16-21(24)22-10-12-23(13-11-22)28(25,26)17-19-7-3-2-4-8-19/h2-9,14H,10-13,15-17H2,1H3. The second kappa shape index (κ2) is 9.58. The third kappa shape index (κ3) is 5.83. The van der Waals surface area contributed by atoms with Crippen LogP contribution in [0.4, 0.5) is 0 Å². The van der Waals surface area contributed by atoms with E-state index in [9.17, 15) is 13.2 Å². The molecule has 0 saturated carbocycles. The van der Waals surface area contributed by atoms with Crippen molar-refractivity contribution in [3.8, 4) is 0 Å². The van der Waals surface area contributed by atoms with Crippen molar-refractivity contribution in [2.24, 2.45) is 0 Å². The zero-order valence-electron chi connectivity index (χ0n) is 16.1. The average Bonchev–Trinajstić information content (AvgIpc) is 2.68. The molecule has 150 valence electrons. The van der Waals surface area contributed by atoms with Gasteiger partial charge in [-0.05, 0) is 18.1 Å². The largest absolute Gasteiger partial charge is 0.339 e. The number of carbonyl (C=O) groups excluding carboxylic acids is 1. The minimum atomic E-state index is -3.35. The summed E-state index contributed by atoms with van der Waals surface area (Å²) in [6.07, 6.45) is 0. The Kier molecular flexibility index (Phi) is 7.15. The van der Waals surface area contributed by atoms with E-state index in [0.29, 0.717) is 31.9 Å². The lowest BCUT2D eigenvalue weighted by Gasteiger charge is -2.34. The van der Waals surface area contributed by atoms with Crippen LogP contribution in [0, 0.1) is 6.92 Å². The van der Waals surface area contributed by atoms with Gasteiger partial charge in [-0.25, -0.2) is 8.42 Å². The van der Waals surface area contributed by atoms with Gasteiger partial charge in [0.2, 0.25) is 15.9 Å². The molecule has 2 aromatic rings. The predicted octanol–water partition coefficient (Wildman–Crippen LogP) is 2.90. The Balaban J connectivity index is 1.44. The quantitative estimate of drug-likeness (QED) is 0.694. The summed E-state index contributed by atoms with van der Waals surface area (Å²) in [4.78, 5) is 14.2. The molecule has 1 saturated heterocycles. The first kappa shape index (κ1) is 20.9. The normalized spacial score (nSPS) is 15.5. The van der Waals surface area contributed by atoms with E-state index in [1.807, 2.05) is 36.4 Å². The number of aryl methyl sites for hydroxylation is 1. The van der Waals surface area contributed by atoms with Crippen LogP contribution < -0.4 is 0 Å². The molecule has 0 atom stereocenters. The smallest absolute Gasteiger partial charge is 0.232 e. The molecule has 0 unspecified atom stereocenters. The number of piperazine rings is 1. The van der Waals surface area contributed by atoms with Crippen molar-refractivity contribution in [1.29, 1.82) is 0 Å². The topological polar surface area (TPSA) is 57.7 Å². The molecule has 1 fully saturated rings. The monoisotopic (exact) mass is 418 g/mol. The van der Waals surface area contributed by atoms with Crippen LogP contribution in [0.2, 0.25) is 0 Å². The third-order valence-corrected chi connectivity index (χ3v) is 7.59. The molecule has 1 aliphatic rings. The summed E-state index contributed by atoms with van der Waals surface area (Å²) in [5, 5.41) is 0. The summed E-state index contributed by atoms with van der Waals surface area (Å²) < 4.78 is 26.7.